The van der Waals surface area contributed by atoms with Crippen LogP contribution in [0.25, 0.3) is 5.57 Å². The van der Waals surface area contributed by atoms with Crippen LogP contribution < -0.4 is 0 Å². The summed E-state index contributed by atoms with van der Waals surface area (Å²) in [7, 11) is 1.37. The number of benzene rings is 1. The minimum absolute atomic E-state index is 0.00112. The van der Waals surface area contributed by atoms with Gasteiger partial charge >= 0.3 is 5.97 Å². The average molecular weight is 274 g/mol. The van der Waals surface area contributed by atoms with E-state index in [4.69, 9.17) is 4.74 Å². The van der Waals surface area contributed by atoms with Gasteiger partial charge in [0.15, 0.2) is 0 Å². The first-order valence-electron chi connectivity index (χ1n) is 7.25. The highest BCUT2D eigenvalue weighted by Crippen LogP contribution is 2.28. The van der Waals surface area contributed by atoms with Crippen molar-refractivity contribution < 1.29 is 14.6 Å². The number of aliphatic hydroxyl groups is 1. The maximum atomic E-state index is 11.6. The van der Waals surface area contributed by atoms with Gasteiger partial charge in [-0.3, -0.25) is 0 Å². The molecule has 1 aromatic rings. The van der Waals surface area contributed by atoms with Crippen molar-refractivity contribution in [2.75, 3.05) is 13.7 Å². The molecular formula is C17H22O3. The fourth-order valence-electron chi connectivity index (χ4n) is 2.79. The summed E-state index contributed by atoms with van der Waals surface area (Å²) in [6.45, 7) is 0.00112. The molecule has 0 aromatic heterocycles. The normalized spacial score (nSPS) is 17.0. The molecule has 1 aliphatic rings. The molecule has 20 heavy (non-hydrogen) atoms. The molecule has 108 valence electrons. The van der Waals surface area contributed by atoms with E-state index in [1.54, 1.807) is 12.1 Å². The second-order valence-electron chi connectivity index (χ2n) is 5.32. The number of hydrogen-bond acceptors (Lipinski definition) is 3. The molecule has 1 fully saturated rings. The summed E-state index contributed by atoms with van der Waals surface area (Å²) in [5.41, 5.74) is 2.33. The van der Waals surface area contributed by atoms with Crippen LogP contribution in [0.15, 0.2) is 30.3 Å². The van der Waals surface area contributed by atoms with Crippen molar-refractivity contribution in [2.45, 2.75) is 32.1 Å². The van der Waals surface area contributed by atoms with E-state index in [0.717, 1.165) is 11.1 Å². The third-order valence-corrected chi connectivity index (χ3v) is 3.91. The molecule has 0 amide bonds. The predicted molar refractivity (Wildman–Crippen MR) is 79.4 cm³/mol. The Kier molecular flexibility index (Phi) is 5.36. The van der Waals surface area contributed by atoms with Crippen molar-refractivity contribution in [1.29, 1.82) is 0 Å². The van der Waals surface area contributed by atoms with Crippen LogP contribution in [0.1, 0.15) is 48.0 Å². The third-order valence-electron chi connectivity index (χ3n) is 3.91. The topological polar surface area (TPSA) is 46.5 Å². The maximum Gasteiger partial charge on any atom is 0.337 e. The molecule has 0 atom stereocenters. The smallest absolute Gasteiger partial charge is 0.337 e. The summed E-state index contributed by atoms with van der Waals surface area (Å²) in [4.78, 5) is 11.6. The zero-order valence-corrected chi connectivity index (χ0v) is 12.0. The Morgan fingerprint density at radius 2 is 2.00 bits per heavy atom. The lowest BCUT2D eigenvalue weighted by molar-refractivity contribution is 0.0600. The summed E-state index contributed by atoms with van der Waals surface area (Å²) in [5, 5.41) is 9.61. The van der Waals surface area contributed by atoms with Crippen molar-refractivity contribution in [3.8, 4) is 0 Å². The summed E-state index contributed by atoms with van der Waals surface area (Å²) in [6.07, 6.45) is 8.41. The van der Waals surface area contributed by atoms with Crippen molar-refractivity contribution in [2.24, 2.45) is 5.92 Å². The number of allylic oxidation sites excluding steroid dienone is 1. The van der Waals surface area contributed by atoms with E-state index in [-0.39, 0.29) is 12.6 Å². The van der Waals surface area contributed by atoms with Gasteiger partial charge in [-0.2, -0.15) is 0 Å². The van der Waals surface area contributed by atoms with Gasteiger partial charge in [-0.1, -0.05) is 37.5 Å². The quantitative estimate of drug-likeness (QED) is 0.856. The van der Waals surface area contributed by atoms with Crippen LogP contribution in [0.2, 0.25) is 0 Å². The first-order valence-corrected chi connectivity index (χ1v) is 7.25. The molecule has 0 unspecified atom stereocenters. The van der Waals surface area contributed by atoms with E-state index < -0.39 is 0 Å². The highest BCUT2D eigenvalue weighted by atomic mass is 16.5. The van der Waals surface area contributed by atoms with Gasteiger partial charge in [-0.15, -0.1) is 0 Å². The van der Waals surface area contributed by atoms with Crippen molar-refractivity contribution >= 4 is 11.5 Å². The fourth-order valence-corrected chi connectivity index (χ4v) is 2.79. The second kappa shape index (κ2) is 7.25. The Morgan fingerprint density at radius 1 is 1.30 bits per heavy atom. The Hall–Kier alpha value is -1.61. The van der Waals surface area contributed by atoms with Gasteiger partial charge in [0.25, 0.3) is 0 Å². The lowest BCUT2D eigenvalue weighted by Crippen LogP contribution is -2.06. The first-order chi connectivity index (χ1) is 9.74. The molecule has 3 heteroatoms. The van der Waals surface area contributed by atoms with Crippen LogP contribution >= 0.6 is 0 Å². The molecule has 1 saturated carbocycles. The Balaban J connectivity index is 2.22. The minimum Gasteiger partial charge on any atom is -0.465 e. The van der Waals surface area contributed by atoms with E-state index in [1.165, 1.54) is 39.2 Å². The van der Waals surface area contributed by atoms with Gasteiger partial charge in [-0.05, 0) is 42.0 Å². The Bertz CT molecular complexity index is 485. The lowest BCUT2D eigenvalue weighted by Gasteiger charge is -2.19. The predicted octanol–water partition coefficient (Wildman–Crippen LogP) is 3.43. The number of carbonyl (C=O) groups excluding carboxylic acids is 1. The highest BCUT2D eigenvalue weighted by molar-refractivity contribution is 5.90. The first kappa shape index (κ1) is 14.8. The Morgan fingerprint density at radius 3 is 2.65 bits per heavy atom. The number of rotatable bonds is 4. The van der Waals surface area contributed by atoms with Crippen molar-refractivity contribution in [3.05, 3.63) is 41.5 Å². The van der Waals surface area contributed by atoms with Crippen LogP contribution in [0.4, 0.5) is 0 Å². The SMILES string of the molecule is COC(=O)c1cccc(C(=CC2CCCCC2)CO)c1. The van der Waals surface area contributed by atoms with Gasteiger partial charge in [-0.25, -0.2) is 4.79 Å². The minimum atomic E-state index is -0.346. The largest absolute Gasteiger partial charge is 0.465 e. The van der Waals surface area contributed by atoms with E-state index in [9.17, 15) is 9.90 Å². The zero-order chi connectivity index (χ0) is 14.4. The molecule has 1 N–H and O–H groups in total. The number of ether oxygens (including phenoxy) is 1. The summed E-state index contributed by atoms with van der Waals surface area (Å²) < 4.78 is 4.73. The molecule has 2 rings (SSSR count). The average Bonchev–Trinajstić information content (AvgIpc) is 2.53. The molecule has 0 aliphatic heterocycles. The van der Waals surface area contributed by atoms with Crippen LogP contribution in [0.5, 0.6) is 0 Å². The van der Waals surface area contributed by atoms with Crippen LogP contribution in [0.3, 0.4) is 0 Å². The number of esters is 1. The van der Waals surface area contributed by atoms with Gasteiger partial charge in [0.1, 0.15) is 0 Å². The van der Waals surface area contributed by atoms with Crippen LogP contribution in [0, 0.1) is 5.92 Å². The van der Waals surface area contributed by atoms with E-state index in [1.807, 2.05) is 12.1 Å². The molecule has 1 aromatic carbocycles. The van der Waals surface area contributed by atoms with Crippen LogP contribution in [-0.2, 0) is 4.74 Å². The van der Waals surface area contributed by atoms with Gasteiger partial charge < -0.3 is 9.84 Å². The standard InChI is InChI=1S/C17H22O3/c1-20-17(19)15-9-5-8-14(11-15)16(12-18)10-13-6-3-2-4-7-13/h5,8-11,13,18H,2-4,6-7,12H2,1H3. The molecule has 0 heterocycles. The second-order valence-corrected chi connectivity index (χ2v) is 5.32. The highest BCUT2D eigenvalue weighted by Gasteiger charge is 2.13. The monoisotopic (exact) mass is 274 g/mol. The van der Waals surface area contributed by atoms with E-state index >= 15 is 0 Å². The summed E-state index contributed by atoms with van der Waals surface area (Å²) in [5.74, 6) is 0.203. The molecule has 0 radical (unpaired) electrons. The van der Waals surface area contributed by atoms with Crippen LogP contribution in [-0.4, -0.2) is 24.8 Å². The molecule has 0 spiro atoms. The van der Waals surface area contributed by atoms with E-state index in [0.29, 0.717) is 11.5 Å². The lowest BCUT2D eigenvalue weighted by atomic mass is 9.87. The maximum absolute atomic E-state index is 11.6. The van der Waals surface area contributed by atoms with Crippen molar-refractivity contribution in [1.82, 2.24) is 0 Å². The number of carbonyl (C=O) groups is 1. The third kappa shape index (κ3) is 3.70. The molecule has 1 aliphatic carbocycles. The molecule has 0 bridgehead atoms. The summed E-state index contributed by atoms with van der Waals surface area (Å²) in [6, 6.07) is 7.27. The van der Waals surface area contributed by atoms with Gasteiger partial charge in [0, 0.05) is 0 Å². The summed E-state index contributed by atoms with van der Waals surface area (Å²) >= 11 is 0. The Labute approximate surface area is 120 Å². The number of methoxy groups -OCH3 is 1. The molecule has 3 nitrogen and oxygen atoms in total. The van der Waals surface area contributed by atoms with E-state index in [2.05, 4.69) is 6.08 Å². The molecule has 0 saturated heterocycles. The number of hydrogen-bond donors (Lipinski definition) is 1. The zero-order valence-electron chi connectivity index (χ0n) is 12.0. The fraction of sp³-hybridized carbons (Fsp3) is 0.471. The van der Waals surface area contributed by atoms with Crippen molar-refractivity contribution in [3.63, 3.8) is 0 Å². The van der Waals surface area contributed by atoms with Gasteiger partial charge in [0.2, 0.25) is 0 Å². The molecular weight excluding hydrogens is 252 g/mol. The number of aliphatic hydroxyl groups excluding tert-OH is 1. The van der Waals surface area contributed by atoms with Gasteiger partial charge in [0.05, 0.1) is 19.3 Å².